The van der Waals surface area contributed by atoms with Gasteiger partial charge in [-0.05, 0) is 61.4 Å². The summed E-state index contributed by atoms with van der Waals surface area (Å²) >= 11 is 7.68. The van der Waals surface area contributed by atoms with Gasteiger partial charge in [0.2, 0.25) is 5.91 Å². The molecule has 7 heteroatoms. The van der Waals surface area contributed by atoms with E-state index in [1.54, 1.807) is 16.2 Å². The molecule has 5 nitrogen and oxygen atoms in total. The zero-order chi connectivity index (χ0) is 23.7. The number of halogens is 1. The highest BCUT2D eigenvalue weighted by atomic mass is 35.5. The number of nitrogens with one attached hydrogen (secondary N) is 1. The molecule has 1 N–H and O–H groups in total. The molecule has 5 rings (SSSR count). The van der Waals surface area contributed by atoms with Crippen molar-refractivity contribution in [2.45, 2.75) is 76.4 Å². The highest BCUT2D eigenvalue weighted by Gasteiger charge is 2.48. The van der Waals surface area contributed by atoms with E-state index >= 15 is 0 Å². The Morgan fingerprint density at radius 1 is 1.12 bits per heavy atom. The topological polar surface area (TPSA) is 54.3 Å². The first-order valence-corrected chi connectivity index (χ1v) is 13.7. The number of thiophene rings is 1. The van der Waals surface area contributed by atoms with Crippen LogP contribution in [0, 0.1) is 0 Å². The molecule has 0 spiro atoms. The maximum Gasteiger partial charge on any atom is 0.271 e. The van der Waals surface area contributed by atoms with Crippen LogP contribution in [0.1, 0.15) is 67.9 Å². The van der Waals surface area contributed by atoms with Crippen LogP contribution in [0.5, 0.6) is 0 Å². The van der Waals surface area contributed by atoms with Crippen LogP contribution < -0.4 is 5.32 Å². The first-order chi connectivity index (χ1) is 16.5. The molecule has 3 aromatic rings. The fourth-order valence-electron chi connectivity index (χ4n) is 5.46. The summed E-state index contributed by atoms with van der Waals surface area (Å²) in [5.74, 6) is -0.107. The molecule has 0 saturated heterocycles. The second kappa shape index (κ2) is 9.74. The van der Waals surface area contributed by atoms with Crippen molar-refractivity contribution in [1.82, 2.24) is 14.8 Å². The van der Waals surface area contributed by atoms with Gasteiger partial charge in [-0.1, -0.05) is 55.8 Å². The van der Waals surface area contributed by atoms with E-state index < -0.39 is 5.54 Å². The van der Waals surface area contributed by atoms with Gasteiger partial charge >= 0.3 is 0 Å². The summed E-state index contributed by atoms with van der Waals surface area (Å²) in [5, 5.41) is 6.09. The third-order valence-electron chi connectivity index (χ3n) is 7.52. The number of aromatic nitrogens is 1. The van der Waals surface area contributed by atoms with Crippen molar-refractivity contribution in [2.24, 2.45) is 0 Å². The van der Waals surface area contributed by atoms with Gasteiger partial charge < -0.3 is 14.8 Å². The van der Waals surface area contributed by atoms with E-state index in [2.05, 4.69) is 5.32 Å². The average molecular weight is 498 g/mol. The number of hydrogen-bond acceptors (Lipinski definition) is 3. The Labute approximate surface area is 210 Å². The molecule has 34 heavy (non-hydrogen) atoms. The SMILES string of the molecule is C[C@@]1(C(=O)NC2CCCCCCC2)Cn2c(cc3sccc32)C(=O)N1CCc1ccc(Cl)cc1. The first-order valence-electron chi connectivity index (χ1n) is 12.4. The van der Waals surface area contributed by atoms with Gasteiger partial charge in [-0.15, -0.1) is 11.3 Å². The summed E-state index contributed by atoms with van der Waals surface area (Å²) in [7, 11) is 0. The minimum Gasteiger partial charge on any atom is -0.351 e. The van der Waals surface area contributed by atoms with Crippen LogP contribution in [0.25, 0.3) is 10.2 Å². The zero-order valence-electron chi connectivity index (χ0n) is 19.7. The van der Waals surface area contributed by atoms with E-state index in [9.17, 15) is 9.59 Å². The van der Waals surface area contributed by atoms with Crippen LogP contribution in [0.4, 0.5) is 0 Å². The van der Waals surface area contributed by atoms with Crippen molar-refractivity contribution >= 4 is 45.0 Å². The monoisotopic (exact) mass is 497 g/mol. The molecule has 2 aliphatic rings. The van der Waals surface area contributed by atoms with Crippen LogP contribution in [0.15, 0.2) is 41.8 Å². The van der Waals surface area contributed by atoms with Crippen LogP contribution in [-0.2, 0) is 17.8 Å². The molecule has 0 bridgehead atoms. The molecule has 1 atom stereocenters. The molecule has 1 aliphatic carbocycles. The maximum atomic E-state index is 13.9. The van der Waals surface area contributed by atoms with Crippen LogP contribution in [-0.4, -0.2) is 39.4 Å². The normalized spacial score (nSPS) is 21.8. The molecular weight excluding hydrogens is 466 g/mol. The van der Waals surface area contributed by atoms with Crippen LogP contribution >= 0.6 is 22.9 Å². The minimum absolute atomic E-state index is 0.0368. The summed E-state index contributed by atoms with van der Waals surface area (Å²) in [5.41, 5.74) is 1.86. The largest absolute Gasteiger partial charge is 0.351 e. The first kappa shape index (κ1) is 23.4. The van der Waals surface area contributed by atoms with E-state index in [-0.39, 0.29) is 17.9 Å². The van der Waals surface area contributed by atoms with Gasteiger partial charge in [0, 0.05) is 17.6 Å². The van der Waals surface area contributed by atoms with Crippen molar-refractivity contribution in [3.8, 4) is 0 Å². The molecule has 2 amide bonds. The van der Waals surface area contributed by atoms with E-state index in [0.717, 1.165) is 41.5 Å². The Kier molecular flexibility index (Phi) is 6.72. The van der Waals surface area contributed by atoms with E-state index in [1.807, 2.05) is 53.3 Å². The lowest BCUT2D eigenvalue weighted by molar-refractivity contribution is -0.133. The number of carbonyl (C=O) groups excluding carboxylic acids is 2. The van der Waals surface area contributed by atoms with E-state index in [1.165, 1.54) is 19.3 Å². The van der Waals surface area contributed by atoms with Crippen LogP contribution in [0.3, 0.4) is 0 Å². The van der Waals surface area contributed by atoms with Crippen molar-refractivity contribution in [1.29, 1.82) is 0 Å². The lowest BCUT2D eigenvalue weighted by Crippen LogP contribution is -2.65. The van der Waals surface area contributed by atoms with E-state index in [4.69, 9.17) is 11.6 Å². The lowest BCUT2D eigenvalue weighted by atomic mass is 9.91. The molecule has 180 valence electrons. The molecule has 1 aromatic carbocycles. The molecular formula is C27H32ClN3O2S. The van der Waals surface area contributed by atoms with Gasteiger partial charge in [-0.2, -0.15) is 0 Å². The molecule has 1 fully saturated rings. The minimum atomic E-state index is -0.952. The number of amides is 2. The predicted molar refractivity (Wildman–Crippen MR) is 139 cm³/mol. The molecule has 0 unspecified atom stereocenters. The molecule has 1 aliphatic heterocycles. The molecule has 1 saturated carbocycles. The predicted octanol–water partition coefficient (Wildman–Crippen LogP) is 6.04. The van der Waals surface area contributed by atoms with Crippen molar-refractivity contribution in [2.75, 3.05) is 6.54 Å². The second-order valence-corrected chi connectivity index (χ2v) is 11.3. The quantitative estimate of drug-likeness (QED) is 0.467. The highest BCUT2D eigenvalue weighted by molar-refractivity contribution is 7.17. The Hall–Kier alpha value is -2.31. The number of benzene rings is 1. The molecule has 3 heterocycles. The van der Waals surface area contributed by atoms with E-state index in [0.29, 0.717) is 30.2 Å². The van der Waals surface area contributed by atoms with Gasteiger partial charge in [0.1, 0.15) is 11.2 Å². The second-order valence-electron chi connectivity index (χ2n) is 9.91. The number of hydrogen-bond donors (Lipinski definition) is 1. The summed E-state index contributed by atoms with van der Waals surface area (Å²) in [4.78, 5) is 29.5. The van der Waals surface area contributed by atoms with Crippen molar-refractivity contribution in [3.63, 3.8) is 0 Å². The summed E-state index contributed by atoms with van der Waals surface area (Å²) in [6.07, 6.45) is 8.77. The molecule has 2 aromatic heterocycles. The Balaban J connectivity index is 1.44. The molecule has 0 radical (unpaired) electrons. The Morgan fingerprint density at radius 3 is 2.56 bits per heavy atom. The third kappa shape index (κ3) is 4.50. The number of nitrogens with zero attached hydrogens (tertiary/aromatic N) is 2. The van der Waals surface area contributed by atoms with Gasteiger partial charge in [-0.25, -0.2) is 0 Å². The Morgan fingerprint density at radius 2 is 1.82 bits per heavy atom. The van der Waals surface area contributed by atoms with Gasteiger partial charge in [0.05, 0.1) is 16.8 Å². The van der Waals surface area contributed by atoms with Crippen molar-refractivity contribution in [3.05, 3.63) is 58.1 Å². The fraction of sp³-hybridized carbons (Fsp3) is 0.481. The van der Waals surface area contributed by atoms with Crippen molar-refractivity contribution < 1.29 is 9.59 Å². The fourth-order valence-corrected chi connectivity index (χ4v) is 6.40. The van der Waals surface area contributed by atoms with Gasteiger partial charge in [0.15, 0.2) is 0 Å². The van der Waals surface area contributed by atoms with Crippen LogP contribution in [0.2, 0.25) is 5.02 Å². The summed E-state index contributed by atoms with van der Waals surface area (Å²) < 4.78 is 3.13. The maximum absolute atomic E-state index is 13.9. The summed E-state index contributed by atoms with van der Waals surface area (Å²) in [6, 6.07) is 11.9. The average Bonchev–Trinajstić information content (AvgIpc) is 3.39. The number of rotatable bonds is 5. The number of fused-ring (bicyclic) bond motifs is 3. The lowest BCUT2D eigenvalue weighted by Gasteiger charge is -2.44. The number of carbonyl (C=O) groups is 2. The third-order valence-corrected chi connectivity index (χ3v) is 8.62. The Bertz CT molecular complexity index is 1180. The summed E-state index contributed by atoms with van der Waals surface area (Å²) in [6.45, 7) is 2.88. The zero-order valence-corrected chi connectivity index (χ0v) is 21.3. The van der Waals surface area contributed by atoms with Gasteiger partial charge in [0.25, 0.3) is 5.91 Å². The smallest absolute Gasteiger partial charge is 0.271 e. The standard InChI is InChI=1S/C27H32ClN3O2S/c1-27(26(33)29-21-7-5-3-2-4-6-8-21)18-30-22-14-16-34-24(22)17-23(30)25(32)31(27)15-13-19-9-11-20(28)12-10-19/h9-12,14,16-17,21H,2-8,13,15,18H2,1H3,(H,29,33)/t27-/m0/s1. The van der Waals surface area contributed by atoms with Gasteiger partial charge in [-0.3, -0.25) is 9.59 Å². The highest BCUT2D eigenvalue weighted by Crippen LogP contribution is 2.35.